The molecule has 1 aliphatic rings. The van der Waals surface area contributed by atoms with E-state index >= 15 is 0 Å². The molecule has 4 heteroatoms. The molecule has 100 valence electrons. The van der Waals surface area contributed by atoms with Gasteiger partial charge >= 0.3 is 0 Å². The molecule has 2 N–H and O–H groups in total. The van der Waals surface area contributed by atoms with Gasteiger partial charge in [-0.1, -0.05) is 0 Å². The van der Waals surface area contributed by atoms with E-state index in [0.717, 1.165) is 19.8 Å². The molecule has 2 rings (SSSR count). The minimum atomic E-state index is 0.0137. The zero-order valence-electron chi connectivity index (χ0n) is 11.5. The van der Waals surface area contributed by atoms with E-state index in [1.807, 2.05) is 12.4 Å². The van der Waals surface area contributed by atoms with Crippen LogP contribution in [0.15, 0.2) is 24.5 Å². The number of rotatable bonds is 3. The van der Waals surface area contributed by atoms with Crippen LogP contribution < -0.4 is 5.73 Å². The summed E-state index contributed by atoms with van der Waals surface area (Å²) in [4.78, 5) is 6.54. The van der Waals surface area contributed by atoms with E-state index < -0.39 is 0 Å². The van der Waals surface area contributed by atoms with Crippen molar-refractivity contribution in [2.24, 2.45) is 5.73 Å². The summed E-state index contributed by atoms with van der Waals surface area (Å²) in [6.45, 7) is 8.93. The highest BCUT2D eigenvalue weighted by Gasteiger charge is 2.37. The van der Waals surface area contributed by atoms with E-state index in [1.165, 1.54) is 5.56 Å². The second-order valence-corrected chi connectivity index (χ2v) is 5.64. The van der Waals surface area contributed by atoms with Gasteiger partial charge in [0, 0.05) is 30.5 Å². The molecule has 1 aliphatic heterocycles. The Morgan fingerprint density at radius 2 is 2.06 bits per heavy atom. The zero-order chi connectivity index (χ0) is 13.2. The number of hydrogen-bond donors (Lipinski definition) is 1. The average Bonchev–Trinajstić information content (AvgIpc) is 2.32. The lowest BCUT2D eigenvalue weighted by molar-refractivity contribution is -0.0766. The maximum atomic E-state index is 6.22. The van der Waals surface area contributed by atoms with E-state index in [-0.39, 0.29) is 17.6 Å². The van der Waals surface area contributed by atoms with Crippen molar-refractivity contribution < 1.29 is 4.74 Å². The van der Waals surface area contributed by atoms with Crippen LogP contribution in [0.4, 0.5) is 0 Å². The number of nitrogens with two attached hydrogens (primary N) is 1. The summed E-state index contributed by atoms with van der Waals surface area (Å²) < 4.78 is 5.59. The number of aromatic nitrogens is 1. The van der Waals surface area contributed by atoms with Crippen LogP contribution in [0.3, 0.4) is 0 Å². The first-order chi connectivity index (χ1) is 8.52. The van der Waals surface area contributed by atoms with Gasteiger partial charge in [-0.15, -0.1) is 0 Å². The molecule has 0 aromatic carbocycles. The monoisotopic (exact) mass is 249 g/mol. The molecular formula is C14H23N3O. The lowest BCUT2D eigenvalue weighted by atomic mass is 9.92. The molecule has 2 heterocycles. The van der Waals surface area contributed by atoms with Crippen LogP contribution in [0, 0.1) is 0 Å². The fraction of sp³-hybridized carbons (Fsp3) is 0.643. The Morgan fingerprint density at radius 1 is 1.39 bits per heavy atom. The lowest BCUT2D eigenvalue weighted by Gasteiger charge is -2.48. The number of nitrogens with zero attached hydrogens (tertiary/aromatic N) is 2. The molecule has 0 bridgehead atoms. The number of pyridine rings is 1. The van der Waals surface area contributed by atoms with Gasteiger partial charge in [-0.2, -0.15) is 0 Å². The average molecular weight is 249 g/mol. The standard InChI is InChI=1S/C14H23N3O/c1-11(15)13(12-4-6-16-7-5-12)17-8-9-18-10-14(17,2)3/h4-7,11,13H,8-10,15H2,1-3H3. The van der Waals surface area contributed by atoms with Gasteiger partial charge in [-0.3, -0.25) is 9.88 Å². The van der Waals surface area contributed by atoms with Gasteiger partial charge in [0.2, 0.25) is 0 Å². The van der Waals surface area contributed by atoms with E-state index in [9.17, 15) is 0 Å². The summed E-state index contributed by atoms with van der Waals surface area (Å²) >= 11 is 0. The van der Waals surface area contributed by atoms with Crippen molar-refractivity contribution in [2.45, 2.75) is 38.4 Å². The van der Waals surface area contributed by atoms with Crippen molar-refractivity contribution in [3.63, 3.8) is 0 Å². The number of ether oxygens (including phenoxy) is 1. The van der Waals surface area contributed by atoms with E-state index in [4.69, 9.17) is 10.5 Å². The zero-order valence-corrected chi connectivity index (χ0v) is 11.5. The third-order valence-corrected chi connectivity index (χ3v) is 3.59. The van der Waals surface area contributed by atoms with Crippen LogP contribution in [0.1, 0.15) is 32.4 Å². The van der Waals surface area contributed by atoms with E-state index in [1.54, 1.807) is 0 Å². The maximum Gasteiger partial charge on any atom is 0.0645 e. The Hall–Kier alpha value is -0.970. The largest absolute Gasteiger partial charge is 0.378 e. The Morgan fingerprint density at radius 3 is 2.61 bits per heavy atom. The van der Waals surface area contributed by atoms with Gasteiger partial charge in [0.1, 0.15) is 0 Å². The van der Waals surface area contributed by atoms with Gasteiger partial charge in [0.15, 0.2) is 0 Å². The van der Waals surface area contributed by atoms with Crippen molar-refractivity contribution >= 4 is 0 Å². The van der Waals surface area contributed by atoms with Gasteiger partial charge in [0.05, 0.1) is 19.3 Å². The summed E-state index contributed by atoms with van der Waals surface area (Å²) in [5.74, 6) is 0. The second kappa shape index (κ2) is 5.34. The van der Waals surface area contributed by atoms with Crippen molar-refractivity contribution in [1.82, 2.24) is 9.88 Å². The molecular weight excluding hydrogens is 226 g/mol. The lowest BCUT2D eigenvalue weighted by Crippen LogP contribution is -2.57. The first-order valence-corrected chi connectivity index (χ1v) is 6.52. The first kappa shape index (κ1) is 13.5. The Labute approximate surface area is 109 Å². The molecule has 18 heavy (non-hydrogen) atoms. The molecule has 2 atom stereocenters. The molecule has 0 radical (unpaired) electrons. The van der Waals surface area contributed by atoms with Gasteiger partial charge in [-0.25, -0.2) is 0 Å². The molecule has 4 nitrogen and oxygen atoms in total. The van der Waals surface area contributed by atoms with Crippen LogP contribution >= 0.6 is 0 Å². The van der Waals surface area contributed by atoms with Crippen molar-refractivity contribution in [1.29, 1.82) is 0 Å². The molecule has 0 saturated carbocycles. The summed E-state index contributed by atoms with van der Waals surface area (Å²) in [5, 5.41) is 0. The molecule has 0 amide bonds. The van der Waals surface area contributed by atoms with Crippen molar-refractivity contribution in [2.75, 3.05) is 19.8 Å². The predicted molar refractivity (Wildman–Crippen MR) is 72.2 cm³/mol. The smallest absolute Gasteiger partial charge is 0.0645 e. The van der Waals surface area contributed by atoms with E-state index in [0.29, 0.717) is 0 Å². The second-order valence-electron chi connectivity index (χ2n) is 5.64. The minimum Gasteiger partial charge on any atom is -0.378 e. The summed E-state index contributed by atoms with van der Waals surface area (Å²) in [5.41, 5.74) is 7.46. The highest BCUT2D eigenvalue weighted by molar-refractivity contribution is 5.18. The van der Waals surface area contributed by atoms with Crippen molar-refractivity contribution in [3.8, 4) is 0 Å². The SMILES string of the molecule is CC(N)C(c1ccncc1)N1CCOCC1(C)C. The third-order valence-electron chi connectivity index (χ3n) is 3.59. The van der Waals surface area contributed by atoms with E-state index in [2.05, 4.69) is 42.8 Å². The molecule has 1 aromatic heterocycles. The van der Waals surface area contributed by atoms with Gasteiger partial charge < -0.3 is 10.5 Å². The van der Waals surface area contributed by atoms with Crippen LogP contribution in [0.5, 0.6) is 0 Å². The molecule has 0 aliphatic carbocycles. The summed E-state index contributed by atoms with van der Waals surface area (Å²) in [6.07, 6.45) is 3.66. The van der Waals surface area contributed by atoms with Crippen LogP contribution in [-0.4, -0.2) is 41.2 Å². The molecule has 1 fully saturated rings. The number of morpholine rings is 1. The molecule has 1 aromatic rings. The highest BCUT2D eigenvalue weighted by Crippen LogP contribution is 2.32. The van der Waals surface area contributed by atoms with Gasteiger partial charge in [0.25, 0.3) is 0 Å². The normalized spacial score (nSPS) is 23.6. The number of hydrogen-bond acceptors (Lipinski definition) is 4. The summed E-state index contributed by atoms with van der Waals surface area (Å²) in [7, 11) is 0. The first-order valence-electron chi connectivity index (χ1n) is 6.52. The fourth-order valence-corrected chi connectivity index (χ4v) is 2.71. The van der Waals surface area contributed by atoms with Crippen LogP contribution in [0.2, 0.25) is 0 Å². The quantitative estimate of drug-likeness (QED) is 0.883. The highest BCUT2D eigenvalue weighted by atomic mass is 16.5. The minimum absolute atomic E-state index is 0.0137. The Kier molecular flexibility index (Phi) is 4.00. The molecule has 1 saturated heterocycles. The van der Waals surface area contributed by atoms with Gasteiger partial charge in [-0.05, 0) is 38.5 Å². The Bertz CT molecular complexity index is 378. The van der Waals surface area contributed by atoms with Crippen LogP contribution in [0.25, 0.3) is 0 Å². The third kappa shape index (κ3) is 2.71. The Balaban J connectivity index is 2.30. The maximum absolute atomic E-state index is 6.22. The predicted octanol–water partition coefficient (Wildman–Crippen LogP) is 1.58. The molecule has 0 spiro atoms. The fourth-order valence-electron chi connectivity index (χ4n) is 2.71. The van der Waals surface area contributed by atoms with Crippen molar-refractivity contribution in [3.05, 3.63) is 30.1 Å². The van der Waals surface area contributed by atoms with Crippen LogP contribution in [-0.2, 0) is 4.74 Å². The molecule has 2 unspecified atom stereocenters. The summed E-state index contributed by atoms with van der Waals surface area (Å²) in [6, 6.07) is 4.40. The topological polar surface area (TPSA) is 51.4 Å².